The van der Waals surface area contributed by atoms with E-state index >= 15 is 0 Å². The summed E-state index contributed by atoms with van der Waals surface area (Å²) in [4.78, 5) is 0. The molecule has 0 saturated carbocycles. The Morgan fingerprint density at radius 1 is 1.47 bits per heavy atom. The third kappa shape index (κ3) is 3.77. The molecule has 1 N–H and O–H groups in total. The van der Waals surface area contributed by atoms with Crippen LogP contribution in [0.4, 0.5) is 4.39 Å². The maximum Gasteiger partial charge on any atom is 0.126 e. The summed E-state index contributed by atoms with van der Waals surface area (Å²) in [5.41, 5.74) is 1.75. The summed E-state index contributed by atoms with van der Waals surface area (Å²) in [5, 5.41) is 3.56. The van der Waals surface area contributed by atoms with E-state index in [2.05, 4.69) is 12.2 Å². The summed E-state index contributed by atoms with van der Waals surface area (Å²) in [6.45, 7) is 6.54. The number of aryl methyl sites for hydroxylation is 1. The molecule has 0 amide bonds. The fraction of sp³-hybridized carbons (Fsp3) is 0.625. The van der Waals surface area contributed by atoms with Crippen molar-refractivity contribution in [2.24, 2.45) is 5.92 Å². The Balaban J connectivity index is 2.17. The monoisotopic (exact) mass is 265 g/mol. The second-order valence-electron chi connectivity index (χ2n) is 5.42. The number of hydrogen-bond acceptors (Lipinski definition) is 2. The highest BCUT2D eigenvalue weighted by molar-refractivity contribution is 5.26. The zero-order chi connectivity index (χ0) is 13.7. The summed E-state index contributed by atoms with van der Waals surface area (Å²) in [5.74, 6) is 0.333. The largest absolute Gasteiger partial charge is 0.381 e. The smallest absolute Gasteiger partial charge is 0.126 e. The van der Waals surface area contributed by atoms with E-state index in [1.54, 1.807) is 13.0 Å². The van der Waals surface area contributed by atoms with Crippen LogP contribution < -0.4 is 5.32 Å². The van der Waals surface area contributed by atoms with E-state index in [0.29, 0.717) is 11.5 Å². The molecule has 1 saturated heterocycles. The van der Waals surface area contributed by atoms with E-state index in [1.165, 1.54) is 0 Å². The van der Waals surface area contributed by atoms with Crippen molar-refractivity contribution >= 4 is 0 Å². The van der Waals surface area contributed by atoms with Gasteiger partial charge in [0.2, 0.25) is 0 Å². The highest BCUT2D eigenvalue weighted by atomic mass is 19.1. The van der Waals surface area contributed by atoms with E-state index in [1.807, 2.05) is 12.1 Å². The van der Waals surface area contributed by atoms with Gasteiger partial charge in [0, 0.05) is 18.6 Å². The minimum atomic E-state index is -0.113. The molecular formula is C16H24FNO. The SMILES string of the molecule is CCCNC(c1ccc(C)c(F)c1)C1CCCOC1. The second kappa shape index (κ2) is 7.01. The Hall–Kier alpha value is -0.930. The minimum Gasteiger partial charge on any atom is -0.381 e. The lowest BCUT2D eigenvalue weighted by atomic mass is 9.88. The molecular weight excluding hydrogens is 241 g/mol. The third-order valence-electron chi connectivity index (χ3n) is 3.84. The van der Waals surface area contributed by atoms with Gasteiger partial charge in [-0.3, -0.25) is 0 Å². The van der Waals surface area contributed by atoms with Crippen molar-refractivity contribution in [1.29, 1.82) is 0 Å². The van der Waals surface area contributed by atoms with E-state index < -0.39 is 0 Å². The zero-order valence-corrected chi connectivity index (χ0v) is 11.9. The van der Waals surface area contributed by atoms with Crippen LogP contribution in [0.25, 0.3) is 0 Å². The van der Waals surface area contributed by atoms with Crippen molar-refractivity contribution < 1.29 is 9.13 Å². The van der Waals surface area contributed by atoms with Crippen LogP contribution in [0.5, 0.6) is 0 Å². The molecule has 1 aliphatic heterocycles. The summed E-state index contributed by atoms with van der Waals surface area (Å²) in [6.07, 6.45) is 3.33. The van der Waals surface area contributed by atoms with Crippen molar-refractivity contribution in [3.63, 3.8) is 0 Å². The van der Waals surface area contributed by atoms with Gasteiger partial charge in [-0.2, -0.15) is 0 Å². The van der Waals surface area contributed by atoms with Crippen LogP contribution in [0.2, 0.25) is 0 Å². The zero-order valence-electron chi connectivity index (χ0n) is 11.9. The highest BCUT2D eigenvalue weighted by Gasteiger charge is 2.25. The van der Waals surface area contributed by atoms with Crippen LogP contribution in [0.1, 0.15) is 43.4 Å². The first kappa shape index (κ1) is 14.5. The Morgan fingerprint density at radius 2 is 2.32 bits per heavy atom. The van der Waals surface area contributed by atoms with Gasteiger partial charge in [-0.1, -0.05) is 19.1 Å². The first-order chi connectivity index (χ1) is 9.22. The Labute approximate surface area is 115 Å². The molecule has 19 heavy (non-hydrogen) atoms. The highest BCUT2D eigenvalue weighted by Crippen LogP contribution is 2.29. The van der Waals surface area contributed by atoms with Gasteiger partial charge in [0.05, 0.1) is 6.61 Å². The molecule has 1 aromatic rings. The molecule has 1 fully saturated rings. The number of ether oxygens (including phenoxy) is 1. The lowest BCUT2D eigenvalue weighted by Gasteiger charge is -2.31. The Bertz CT molecular complexity index is 402. The normalized spacial score (nSPS) is 21.3. The molecule has 2 nitrogen and oxygen atoms in total. The lowest BCUT2D eigenvalue weighted by molar-refractivity contribution is 0.0390. The van der Waals surface area contributed by atoms with Crippen molar-refractivity contribution in [2.45, 2.75) is 39.2 Å². The van der Waals surface area contributed by atoms with Crippen LogP contribution >= 0.6 is 0 Å². The maximum absolute atomic E-state index is 13.8. The van der Waals surface area contributed by atoms with Crippen molar-refractivity contribution in [1.82, 2.24) is 5.32 Å². The number of benzene rings is 1. The van der Waals surface area contributed by atoms with Gasteiger partial charge in [-0.15, -0.1) is 0 Å². The predicted molar refractivity (Wildman–Crippen MR) is 75.7 cm³/mol. The van der Waals surface area contributed by atoms with Crippen LogP contribution in [-0.4, -0.2) is 19.8 Å². The van der Waals surface area contributed by atoms with Gasteiger partial charge in [0.25, 0.3) is 0 Å². The van der Waals surface area contributed by atoms with Crippen molar-refractivity contribution in [3.8, 4) is 0 Å². The van der Waals surface area contributed by atoms with Crippen LogP contribution in [0.3, 0.4) is 0 Å². The van der Waals surface area contributed by atoms with Gasteiger partial charge < -0.3 is 10.1 Å². The molecule has 2 atom stereocenters. The van der Waals surface area contributed by atoms with Gasteiger partial charge >= 0.3 is 0 Å². The number of hydrogen-bond donors (Lipinski definition) is 1. The lowest BCUT2D eigenvalue weighted by Crippen LogP contribution is -2.34. The van der Waals surface area contributed by atoms with Gasteiger partial charge in [-0.25, -0.2) is 4.39 Å². The molecule has 2 unspecified atom stereocenters. The van der Waals surface area contributed by atoms with Crippen LogP contribution in [-0.2, 0) is 4.74 Å². The maximum atomic E-state index is 13.8. The predicted octanol–water partition coefficient (Wildman–Crippen LogP) is 3.60. The molecule has 3 heteroatoms. The molecule has 0 bridgehead atoms. The average Bonchev–Trinajstić information content (AvgIpc) is 2.44. The first-order valence-electron chi connectivity index (χ1n) is 7.29. The molecule has 106 valence electrons. The minimum absolute atomic E-state index is 0.113. The van der Waals surface area contributed by atoms with Gasteiger partial charge in [-0.05, 0) is 49.9 Å². The molecule has 0 spiro atoms. The van der Waals surface area contributed by atoms with E-state index in [9.17, 15) is 4.39 Å². The standard InChI is InChI=1S/C16H24FNO/c1-3-8-18-16(14-5-4-9-19-11-14)13-7-6-12(2)15(17)10-13/h6-7,10,14,16,18H,3-5,8-9,11H2,1-2H3. The van der Waals surface area contributed by atoms with Crippen molar-refractivity contribution in [2.75, 3.05) is 19.8 Å². The van der Waals surface area contributed by atoms with Gasteiger partial charge in [0.15, 0.2) is 0 Å². The second-order valence-corrected chi connectivity index (χ2v) is 5.42. The third-order valence-corrected chi connectivity index (χ3v) is 3.84. The van der Waals surface area contributed by atoms with Crippen LogP contribution in [0.15, 0.2) is 18.2 Å². The summed E-state index contributed by atoms with van der Waals surface area (Å²) >= 11 is 0. The summed E-state index contributed by atoms with van der Waals surface area (Å²) in [6, 6.07) is 5.79. The molecule has 1 heterocycles. The van der Waals surface area contributed by atoms with E-state index in [-0.39, 0.29) is 11.9 Å². The molecule has 2 rings (SSSR count). The summed E-state index contributed by atoms with van der Waals surface area (Å²) in [7, 11) is 0. The summed E-state index contributed by atoms with van der Waals surface area (Å²) < 4.78 is 19.4. The van der Waals surface area contributed by atoms with Gasteiger partial charge in [0.1, 0.15) is 5.82 Å². The fourth-order valence-electron chi connectivity index (χ4n) is 2.69. The first-order valence-corrected chi connectivity index (χ1v) is 7.29. The van der Waals surface area contributed by atoms with E-state index in [0.717, 1.165) is 44.6 Å². The van der Waals surface area contributed by atoms with E-state index in [4.69, 9.17) is 4.74 Å². The molecule has 1 aromatic carbocycles. The number of halogens is 1. The Kier molecular flexibility index (Phi) is 5.34. The Morgan fingerprint density at radius 3 is 2.95 bits per heavy atom. The molecule has 0 aliphatic carbocycles. The quantitative estimate of drug-likeness (QED) is 0.878. The average molecular weight is 265 g/mol. The molecule has 1 aliphatic rings. The topological polar surface area (TPSA) is 21.3 Å². The molecule has 0 aromatic heterocycles. The number of nitrogens with one attached hydrogen (secondary N) is 1. The number of rotatable bonds is 5. The molecule has 0 radical (unpaired) electrons. The van der Waals surface area contributed by atoms with Crippen molar-refractivity contribution in [3.05, 3.63) is 35.1 Å². The van der Waals surface area contributed by atoms with Crippen LogP contribution in [0, 0.1) is 18.7 Å². The fourth-order valence-corrected chi connectivity index (χ4v) is 2.69.